The Kier molecular flexibility index (Phi) is 7.92. The summed E-state index contributed by atoms with van der Waals surface area (Å²) in [5.74, 6) is 0.453. The smallest absolute Gasteiger partial charge is 0.265 e. The Hall–Kier alpha value is -3.99. The number of pyridine rings is 1. The summed E-state index contributed by atoms with van der Waals surface area (Å²) in [6.07, 6.45) is 10.2. The lowest BCUT2D eigenvalue weighted by Gasteiger charge is -2.13. The molecule has 1 N–H and O–H groups in total. The van der Waals surface area contributed by atoms with Crippen molar-refractivity contribution in [3.63, 3.8) is 0 Å². The van der Waals surface area contributed by atoms with E-state index in [0.29, 0.717) is 24.5 Å². The highest BCUT2D eigenvalue weighted by molar-refractivity contribution is 6.23. The second kappa shape index (κ2) is 11.0. The number of rotatable bonds is 10. The number of aryl methyl sites for hydroxylation is 1. The molecule has 1 aliphatic rings. The van der Waals surface area contributed by atoms with Crippen LogP contribution in [0.2, 0.25) is 0 Å². The van der Waals surface area contributed by atoms with Crippen molar-refractivity contribution in [1.29, 1.82) is 0 Å². The molecule has 0 saturated carbocycles. The first kappa shape index (κ1) is 23.7. The maximum Gasteiger partial charge on any atom is 0.265 e. The summed E-state index contributed by atoms with van der Waals surface area (Å²) >= 11 is 0. The van der Waals surface area contributed by atoms with Gasteiger partial charge in [0.2, 0.25) is 11.8 Å². The molecular weight excluding hydrogens is 422 g/mol. The number of carbonyl (C=O) groups excluding carboxylic acids is 4. The number of fused-ring (bicyclic) bond motifs is 1. The Morgan fingerprint density at radius 1 is 1.12 bits per heavy atom. The van der Waals surface area contributed by atoms with Gasteiger partial charge >= 0.3 is 0 Å². The topological polar surface area (TPSA) is 106 Å². The number of terminal acetylenes is 1. The predicted molar refractivity (Wildman–Crippen MR) is 120 cm³/mol. The molecule has 0 spiro atoms. The van der Waals surface area contributed by atoms with E-state index < -0.39 is 30.2 Å². The van der Waals surface area contributed by atoms with Gasteiger partial charge in [0.05, 0.1) is 17.7 Å². The first-order valence-corrected chi connectivity index (χ1v) is 10.8. The van der Waals surface area contributed by atoms with Gasteiger partial charge in [-0.15, -0.1) is 6.42 Å². The van der Waals surface area contributed by atoms with Crippen LogP contribution in [0.15, 0.2) is 36.5 Å². The van der Waals surface area contributed by atoms with Crippen molar-refractivity contribution in [2.45, 2.75) is 39.0 Å². The van der Waals surface area contributed by atoms with E-state index in [0.717, 1.165) is 29.7 Å². The van der Waals surface area contributed by atoms with Crippen LogP contribution in [-0.2, 0) is 16.0 Å². The standard InChI is InChI=1S/C25H25N3O5/c1-3-8-21(29)27-22(30)16-28-24(31)19-10-7-11-20(23(19)25(28)32)33-14-6-5-9-17-12-13-18(4-2)26-15-17/h2,7,10-13,15H,3,5-6,8-9,14,16H2,1H3,(H,27,29,30). The average molecular weight is 447 g/mol. The van der Waals surface area contributed by atoms with Gasteiger partial charge in [0.1, 0.15) is 18.0 Å². The second-order valence-electron chi connectivity index (χ2n) is 7.60. The molecule has 0 saturated heterocycles. The highest BCUT2D eigenvalue weighted by Crippen LogP contribution is 2.31. The van der Waals surface area contributed by atoms with Gasteiger partial charge in [-0.2, -0.15) is 0 Å². The maximum absolute atomic E-state index is 12.8. The van der Waals surface area contributed by atoms with Crippen molar-refractivity contribution in [2.24, 2.45) is 0 Å². The van der Waals surface area contributed by atoms with Crippen LogP contribution in [0.5, 0.6) is 5.75 Å². The van der Waals surface area contributed by atoms with Crippen molar-refractivity contribution in [1.82, 2.24) is 15.2 Å². The molecule has 2 heterocycles. The van der Waals surface area contributed by atoms with Crippen LogP contribution in [0.25, 0.3) is 0 Å². The lowest BCUT2D eigenvalue weighted by atomic mass is 10.1. The molecule has 0 unspecified atom stereocenters. The molecule has 0 atom stereocenters. The largest absolute Gasteiger partial charge is 0.493 e. The molecule has 1 aliphatic heterocycles. The molecule has 8 heteroatoms. The monoisotopic (exact) mass is 447 g/mol. The molecule has 1 aromatic heterocycles. The van der Waals surface area contributed by atoms with Gasteiger partial charge < -0.3 is 4.74 Å². The Balaban J connectivity index is 1.55. The summed E-state index contributed by atoms with van der Waals surface area (Å²) in [5, 5.41) is 2.19. The van der Waals surface area contributed by atoms with Gasteiger partial charge in [-0.1, -0.05) is 25.0 Å². The third-order valence-corrected chi connectivity index (χ3v) is 5.11. The van der Waals surface area contributed by atoms with E-state index in [2.05, 4.69) is 16.2 Å². The van der Waals surface area contributed by atoms with Gasteiger partial charge in [0.15, 0.2) is 0 Å². The summed E-state index contributed by atoms with van der Waals surface area (Å²) in [6, 6.07) is 8.52. The SMILES string of the molecule is C#Cc1ccc(CCCCOc2cccc3c2C(=O)N(CC(=O)NC(=O)CCC)C3=O)cn1. The summed E-state index contributed by atoms with van der Waals surface area (Å²) in [6.45, 7) is 1.65. The molecule has 3 rings (SSSR count). The van der Waals surface area contributed by atoms with E-state index >= 15 is 0 Å². The zero-order chi connectivity index (χ0) is 23.8. The predicted octanol–water partition coefficient (Wildman–Crippen LogP) is 2.50. The number of imide groups is 2. The lowest BCUT2D eigenvalue weighted by Crippen LogP contribution is -2.42. The van der Waals surface area contributed by atoms with E-state index in [1.54, 1.807) is 24.4 Å². The van der Waals surface area contributed by atoms with Crippen LogP contribution in [0, 0.1) is 12.3 Å². The van der Waals surface area contributed by atoms with Crippen molar-refractivity contribution in [2.75, 3.05) is 13.2 Å². The zero-order valence-electron chi connectivity index (χ0n) is 18.4. The summed E-state index contributed by atoms with van der Waals surface area (Å²) < 4.78 is 5.80. The molecule has 0 fully saturated rings. The van der Waals surface area contributed by atoms with Gasteiger partial charge in [0, 0.05) is 12.6 Å². The summed E-state index contributed by atoms with van der Waals surface area (Å²) in [5.41, 5.74) is 1.99. The number of benzene rings is 1. The molecule has 8 nitrogen and oxygen atoms in total. The van der Waals surface area contributed by atoms with Crippen LogP contribution in [-0.4, -0.2) is 46.7 Å². The quantitative estimate of drug-likeness (QED) is 0.341. The number of amides is 4. The molecule has 4 amide bonds. The second-order valence-corrected chi connectivity index (χ2v) is 7.60. The number of carbonyl (C=O) groups is 4. The van der Waals surface area contributed by atoms with Gasteiger partial charge in [0.25, 0.3) is 11.8 Å². The molecule has 2 aromatic rings. The third kappa shape index (κ3) is 5.83. The molecule has 0 aliphatic carbocycles. The molecule has 1 aromatic carbocycles. The van der Waals surface area contributed by atoms with E-state index in [4.69, 9.17) is 11.2 Å². The average Bonchev–Trinajstić information content (AvgIpc) is 3.04. The number of hydrogen-bond acceptors (Lipinski definition) is 6. The van der Waals surface area contributed by atoms with Crippen LogP contribution in [0.1, 0.15) is 64.6 Å². The third-order valence-electron chi connectivity index (χ3n) is 5.11. The maximum atomic E-state index is 12.8. The van der Waals surface area contributed by atoms with Crippen LogP contribution >= 0.6 is 0 Å². The number of nitrogens with one attached hydrogen (secondary N) is 1. The van der Waals surface area contributed by atoms with Crippen LogP contribution < -0.4 is 10.1 Å². The number of ether oxygens (including phenoxy) is 1. The van der Waals surface area contributed by atoms with Crippen LogP contribution in [0.4, 0.5) is 0 Å². The summed E-state index contributed by atoms with van der Waals surface area (Å²) in [4.78, 5) is 54.2. The number of hydrogen-bond donors (Lipinski definition) is 1. The Morgan fingerprint density at radius 2 is 1.94 bits per heavy atom. The first-order chi connectivity index (χ1) is 15.9. The number of aromatic nitrogens is 1. The minimum Gasteiger partial charge on any atom is -0.493 e. The lowest BCUT2D eigenvalue weighted by molar-refractivity contribution is -0.130. The van der Waals surface area contributed by atoms with Gasteiger partial charge in [-0.05, 0) is 49.4 Å². The normalized spacial score (nSPS) is 12.3. The number of nitrogens with zero attached hydrogens (tertiary/aromatic N) is 2. The van der Waals surface area contributed by atoms with E-state index in [9.17, 15) is 19.2 Å². The Morgan fingerprint density at radius 3 is 2.64 bits per heavy atom. The Bertz CT molecular complexity index is 1100. The summed E-state index contributed by atoms with van der Waals surface area (Å²) in [7, 11) is 0. The van der Waals surface area contributed by atoms with Crippen molar-refractivity contribution >= 4 is 23.6 Å². The van der Waals surface area contributed by atoms with E-state index in [-0.39, 0.29) is 17.5 Å². The fourth-order valence-corrected chi connectivity index (χ4v) is 3.47. The van der Waals surface area contributed by atoms with E-state index in [1.807, 2.05) is 13.0 Å². The van der Waals surface area contributed by atoms with E-state index in [1.165, 1.54) is 6.07 Å². The van der Waals surface area contributed by atoms with Crippen LogP contribution in [0.3, 0.4) is 0 Å². The van der Waals surface area contributed by atoms with Gasteiger partial charge in [-0.25, -0.2) is 4.98 Å². The highest BCUT2D eigenvalue weighted by Gasteiger charge is 2.39. The van der Waals surface area contributed by atoms with Gasteiger partial charge in [-0.3, -0.25) is 29.4 Å². The van der Waals surface area contributed by atoms with Crippen molar-refractivity contribution < 1.29 is 23.9 Å². The minimum absolute atomic E-state index is 0.143. The fourth-order valence-electron chi connectivity index (χ4n) is 3.47. The van der Waals surface area contributed by atoms with Crippen molar-refractivity contribution in [3.05, 3.63) is 58.9 Å². The molecule has 33 heavy (non-hydrogen) atoms. The molecule has 0 bridgehead atoms. The molecule has 170 valence electrons. The fraction of sp³-hybridized carbons (Fsp3) is 0.320. The number of unbranched alkanes of at least 4 members (excludes halogenated alkanes) is 1. The first-order valence-electron chi connectivity index (χ1n) is 10.8. The zero-order valence-corrected chi connectivity index (χ0v) is 18.4. The Labute approximate surface area is 192 Å². The highest BCUT2D eigenvalue weighted by atomic mass is 16.5. The van der Waals surface area contributed by atoms with Crippen molar-refractivity contribution in [3.8, 4) is 18.1 Å². The molecular formula is C25H25N3O5. The minimum atomic E-state index is -0.699. The molecule has 0 radical (unpaired) electrons.